The summed E-state index contributed by atoms with van der Waals surface area (Å²) in [5.74, 6) is 0.994. The van der Waals surface area contributed by atoms with Gasteiger partial charge in [-0.25, -0.2) is 0 Å². The lowest BCUT2D eigenvalue weighted by Crippen LogP contribution is -2.37. The molecule has 1 aliphatic rings. The highest BCUT2D eigenvalue weighted by molar-refractivity contribution is 5.50. The van der Waals surface area contributed by atoms with Crippen molar-refractivity contribution in [2.75, 3.05) is 31.1 Å². The zero-order chi connectivity index (χ0) is 12.8. The summed E-state index contributed by atoms with van der Waals surface area (Å²) < 4.78 is 6.05. The van der Waals surface area contributed by atoms with E-state index in [0.717, 1.165) is 38.3 Å². The number of piperidine rings is 1. The number of nitrogens with one attached hydrogen (secondary N) is 1. The molecule has 3 heteroatoms. The molecular weight excluding hydrogens is 224 g/mol. The molecule has 0 amide bonds. The largest absolute Gasteiger partial charge is 0.489 e. The Bertz CT molecular complexity index is 357. The minimum Gasteiger partial charge on any atom is -0.489 e. The van der Waals surface area contributed by atoms with Crippen molar-refractivity contribution in [1.82, 2.24) is 5.32 Å². The fourth-order valence-corrected chi connectivity index (χ4v) is 2.46. The molecule has 1 heterocycles. The number of ether oxygens (including phenoxy) is 1. The highest BCUT2D eigenvalue weighted by atomic mass is 16.5. The van der Waals surface area contributed by atoms with Crippen LogP contribution in [0.5, 0.6) is 5.75 Å². The summed E-state index contributed by atoms with van der Waals surface area (Å²) in [6, 6.07) is 8.45. The predicted octanol–water partition coefficient (Wildman–Crippen LogP) is 2.66. The SMILES string of the molecule is CCN(CC)c1cccc(O[C@H]2CCCNC2)c1. The maximum Gasteiger partial charge on any atom is 0.121 e. The molecule has 0 aromatic heterocycles. The highest BCUT2D eigenvalue weighted by Gasteiger charge is 2.14. The van der Waals surface area contributed by atoms with Gasteiger partial charge in [0.05, 0.1) is 0 Å². The van der Waals surface area contributed by atoms with Gasteiger partial charge in [-0.1, -0.05) is 6.07 Å². The van der Waals surface area contributed by atoms with Gasteiger partial charge in [0.25, 0.3) is 0 Å². The summed E-state index contributed by atoms with van der Waals surface area (Å²) in [6.07, 6.45) is 2.69. The fraction of sp³-hybridized carbons (Fsp3) is 0.600. The molecule has 1 aromatic rings. The summed E-state index contributed by atoms with van der Waals surface area (Å²) in [6.45, 7) is 8.52. The minimum absolute atomic E-state index is 0.325. The Balaban J connectivity index is 2.01. The summed E-state index contributed by atoms with van der Waals surface area (Å²) in [5.41, 5.74) is 1.25. The Hall–Kier alpha value is -1.22. The van der Waals surface area contributed by atoms with Crippen LogP contribution in [0.4, 0.5) is 5.69 Å². The van der Waals surface area contributed by atoms with Crippen LogP contribution in [0, 0.1) is 0 Å². The van der Waals surface area contributed by atoms with Crippen molar-refractivity contribution in [1.29, 1.82) is 0 Å². The van der Waals surface area contributed by atoms with Crippen LogP contribution < -0.4 is 15.0 Å². The van der Waals surface area contributed by atoms with Crippen molar-refractivity contribution < 1.29 is 4.74 Å². The van der Waals surface area contributed by atoms with Gasteiger partial charge in [0, 0.05) is 31.4 Å². The smallest absolute Gasteiger partial charge is 0.121 e. The van der Waals surface area contributed by atoms with Gasteiger partial charge in [-0.05, 0) is 45.4 Å². The van der Waals surface area contributed by atoms with Gasteiger partial charge in [-0.2, -0.15) is 0 Å². The summed E-state index contributed by atoms with van der Waals surface area (Å²) in [7, 11) is 0. The number of hydrogen-bond donors (Lipinski definition) is 1. The standard InChI is InChI=1S/C15H24N2O/c1-3-17(4-2)13-7-5-8-14(11-13)18-15-9-6-10-16-12-15/h5,7-8,11,15-16H,3-4,6,9-10,12H2,1-2H3/t15-/m0/s1. The minimum atomic E-state index is 0.325. The van der Waals surface area contributed by atoms with Crippen LogP contribution in [0.2, 0.25) is 0 Å². The molecule has 1 aliphatic heterocycles. The lowest BCUT2D eigenvalue weighted by Gasteiger charge is -2.25. The van der Waals surface area contributed by atoms with Crippen LogP contribution in [0.15, 0.2) is 24.3 Å². The first kappa shape index (κ1) is 13.2. The third-order valence-electron chi connectivity index (χ3n) is 3.50. The van der Waals surface area contributed by atoms with Gasteiger partial charge in [-0.3, -0.25) is 0 Å². The van der Waals surface area contributed by atoms with Crippen molar-refractivity contribution in [3.8, 4) is 5.75 Å². The second kappa shape index (κ2) is 6.64. The first-order valence-electron chi connectivity index (χ1n) is 7.06. The lowest BCUT2D eigenvalue weighted by molar-refractivity contribution is 0.167. The molecule has 0 spiro atoms. The average Bonchev–Trinajstić information content (AvgIpc) is 2.42. The monoisotopic (exact) mass is 248 g/mol. The van der Waals surface area contributed by atoms with E-state index in [-0.39, 0.29) is 0 Å². The van der Waals surface area contributed by atoms with E-state index >= 15 is 0 Å². The van der Waals surface area contributed by atoms with Crippen LogP contribution in [-0.2, 0) is 0 Å². The molecule has 0 saturated carbocycles. The molecule has 1 fully saturated rings. The van der Waals surface area contributed by atoms with Crippen molar-refractivity contribution in [2.45, 2.75) is 32.8 Å². The second-order valence-corrected chi connectivity index (χ2v) is 4.76. The van der Waals surface area contributed by atoms with Crippen LogP contribution >= 0.6 is 0 Å². The molecule has 2 rings (SSSR count). The van der Waals surface area contributed by atoms with Crippen molar-refractivity contribution in [2.24, 2.45) is 0 Å². The highest BCUT2D eigenvalue weighted by Crippen LogP contribution is 2.23. The van der Waals surface area contributed by atoms with E-state index in [1.54, 1.807) is 0 Å². The van der Waals surface area contributed by atoms with Gasteiger partial charge < -0.3 is 15.0 Å². The Labute approximate surface area is 110 Å². The normalized spacial score (nSPS) is 19.6. The lowest BCUT2D eigenvalue weighted by atomic mass is 10.1. The molecule has 0 bridgehead atoms. The van der Waals surface area contributed by atoms with Crippen molar-refractivity contribution in [3.05, 3.63) is 24.3 Å². The molecule has 3 nitrogen and oxygen atoms in total. The van der Waals surface area contributed by atoms with E-state index < -0.39 is 0 Å². The second-order valence-electron chi connectivity index (χ2n) is 4.76. The average molecular weight is 248 g/mol. The molecular formula is C15H24N2O. The molecule has 1 aromatic carbocycles. The maximum atomic E-state index is 6.05. The molecule has 18 heavy (non-hydrogen) atoms. The van der Waals surface area contributed by atoms with E-state index in [9.17, 15) is 0 Å². The first-order valence-corrected chi connectivity index (χ1v) is 7.06. The topological polar surface area (TPSA) is 24.5 Å². The molecule has 1 N–H and O–H groups in total. The van der Waals surface area contributed by atoms with E-state index in [0.29, 0.717) is 6.10 Å². The van der Waals surface area contributed by atoms with Gasteiger partial charge in [0.15, 0.2) is 0 Å². The molecule has 0 unspecified atom stereocenters. The maximum absolute atomic E-state index is 6.05. The summed E-state index contributed by atoms with van der Waals surface area (Å²) in [5, 5.41) is 3.38. The zero-order valence-corrected chi connectivity index (χ0v) is 11.5. The fourth-order valence-electron chi connectivity index (χ4n) is 2.46. The number of hydrogen-bond acceptors (Lipinski definition) is 3. The Morgan fingerprint density at radius 1 is 1.33 bits per heavy atom. The van der Waals surface area contributed by atoms with Crippen LogP contribution in [0.3, 0.4) is 0 Å². The Morgan fingerprint density at radius 2 is 2.17 bits per heavy atom. The van der Waals surface area contributed by atoms with Gasteiger partial charge >= 0.3 is 0 Å². The van der Waals surface area contributed by atoms with E-state index in [2.05, 4.69) is 48.3 Å². The van der Waals surface area contributed by atoms with Crippen LogP contribution in [0.1, 0.15) is 26.7 Å². The third-order valence-corrected chi connectivity index (χ3v) is 3.50. The third kappa shape index (κ3) is 3.39. The van der Waals surface area contributed by atoms with E-state index in [1.165, 1.54) is 12.1 Å². The van der Waals surface area contributed by atoms with E-state index in [1.807, 2.05) is 0 Å². The molecule has 0 aliphatic carbocycles. The summed E-state index contributed by atoms with van der Waals surface area (Å²) >= 11 is 0. The number of rotatable bonds is 5. The zero-order valence-electron chi connectivity index (χ0n) is 11.5. The quantitative estimate of drug-likeness (QED) is 0.867. The van der Waals surface area contributed by atoms with Crippen molar-refractivity contribution in [3.63, 3.8) is 0 Å². The molecule has 1 atom stereocenters. The summed E-state index contributed by atoms with van der Waals surface area (Å²) in [4.78, 5) is 2.34. The van der Waals surface area contributed by atoms with Crippen molar-refractivity contribution >= 4 is 5.69 Å². The predicted molar refractivity (Wildman–Crippen MR) is 76.5 cm³/mol. The molecule has 1 saturated heterocycles. The number of nitrogens with zero attached hydrogens (tertiary/aromatic N) is 1. The Morgan fingerprint density at radius 3 is 2.83 bits per heavy atom. The Kier molecular flexibility index (Phi) is 4.88. The number of anilines is 1. The molecule has 0 radical (unpaired) electrons. The van der Waals surface area contributed by atoms with E-state index in [4.69, 9.17) is 4.74 Å². The van der Waals surface area contributed by atoms with Gasteiger partial charge in [0.1, 0.15) is 11.9 Å². The first-order chi connectivity index (χ1) is 8.83. The van der Waals surface area contributed by atoms with Gasteiger partial charge in [0.2, 0.25) is 0 Å². The molecule has 100 valence electrons. The number of benzene rings is 1. The van der Waals surface area contributed by atoms with Crippen LogP contribution in [-0.4, -0.2) is 32.3 Å². The van der Waals surface area contributed by atoms with Gasteiger partial charge in [-0.15, -0.1) is 0 Å². The van der Waals surface area contributed by atoms with Crippen LogP contribution in [0.25, 0.3) is 0 Å².